The minimum atomic E-state index is -2.59. The first kappa shape index (κ1) is 17.5. The molecule has 3 aromatic rings. The monoisotopic (exact) mass is 391 g/mol. The number of hydrogen-bond acceptors (Lipinski definition) is 5. The smallest absolute Gasteiger partial charge is 0.261 e. The average Bonchev–Trinajstić information content (AvgIpc) is 3.24. The van der Waals surface area contributed by atoms with Gasteiger partial charge in [0.25, 0.3) is 12.3 Å². The van der Waals surface area contributed by atoms with E-state index in [1.807, 2.05) is 0 Å². The Kier molecular flexibility index (Phi) is 4.56. The van der Waals surface area contributed by atoms with Gasteiger partial charge < -0.3 is 15.0 Å². The second-order valence-electron chi connectivity index (χ2n) is 6.23. The van der Waals surface area contributed by atoms with Crippen molar-refractivity contribution in [2.75, 3.05) is 11.9 Å². The Balaban J connectivity index is 1.51. The van der Waals surface area contributed by atoms with Gasteiger partial charge in [-0.05, 0) is 18.9 Å². The number of nitrogens with one attached hydrogen (secondary N) is 2. The molecule has 10 heteroatoms. The highest BCUT2D eigenvalue weighted by Gasteiger charge is 2.30. The minimum Gasteiger partial charge on any atom is -0.346 e. The fraction of sp³-hybridized carbons (Fsp3) is 0.294. The molecule has 1 fully saturated rings. The molecule has 0 atom stereocenters. The summed E-state index contributed by atoms with van der Waals surface area (Å²) in [5, 5.41) is 6.69. The number of halogens is 2. The molecule has 1 aliphatic carbocycles. The zero-order valence-corrected chi connectivity index (χ0v) is 14.8. The maximum absolute atomic E-state index is 12.2. The summed E-state index contributed by atoms with van der Waals surface area (Å²) in [4.78, 5) is 32.7. The summed E-state index contributed by atoms with van der Waals surface area (Å²) >= 11 is 1.15. The Hall–Kier alpha value is -2.88. The molecule has 0 spiro atoms. The molecule has 3 aromatic heterocycles. The van der Waals surface area contributed by atoms with Gasteiger partial charge in [-0.3, -0.25) is 14.6 Å². The van der Waals surface area contributed by atoms with Crippen molar-refractivity contribution < 1.29 is 18.4 Å². The third-order valence-electron chi connectivity index (χ3n) is 4.08. The SMILES string of the molecule is O=C(NCC(F)F)c1cc(-c2cn3cc(NC(=O)C4CC4)nc3cn2)cs1. The number of amides is 2. The number of hydrogen-bond donors (Lipinski definition) is 2. The van der Waals surface area contributed by atoms with Crippen molar-refractivity contribution in [1.29, 1.82) is 0 Å². The van der Waals surface area contributed by atoms with Crippen LogP contribution in [0.3, 0.4) is 0 Å². The van der Waals surface area contributed by atoms with Crippen LogP contribution in [0.1, 0.15) is 22.5 Å². The van der Waals surface area contributed by atoms with Gasteiger partial charge in [-0.15, -0.1) is 11.3 Å². The molecular weight excluding hydrogens is 376 g/mol. The number of imidazole rings is 1. The average molecular weight is 391 g/mol. The van der Waals surface area contributed by atoms with E-state index >= 15 is 0 Å². The number of nitrogens with zero attached hydrogens (tertiary/aromatic N) is 3. The fourth-order valence-corrected chi connectivity index (χ4v) is 3.35. The number of thiophene rings is 1. The quantitative estimate of drug-likeness (QED) is 0.676. The molecule has 0 radical (unpaired) electrons. The molecule has 0 bridgehead atoms. The third-order valence-corrected chi connectivity index (χ3v) is 5.01. The van der Waals surface area contributed by atoms with Gasteiger partial charge in [0, 0.05) is 23.1 Å². The Morgan fingerprint density at radius 2 is 2.15 bits per heavy atom. The molecule has 27 heavy (non-hydrogen) atoms. The Morgan fingerprint density at radius 3 is 2.89 bits per heavy atom. The molecule has 2 N–H and O–H groups in total. The van der Waals surface area contributed by atoms with Gasteiger partial charge in [0.1, 0.15) is 0 Å². The van der Waals surface area contributed by atoms with Gasteiger partial charge in [-0.2, -0.15) is 0 Å². The molecule has 1 aliphatic rings. The van der Waals surface area contributed by atoms with Crippen LogP contribution in [0.15, 0.2) is 30.0 Å². The number of carbonyl (C=O) groups is 2. The van der Waals surface area contributed by atoms with Gasteiger partial charge in [-0.1, -0.05) is 0 Å². The highest BCUT2D eigenvalue weighted by Crippen LogP contribution is 2.30. The molecule has 0 aromatic carbocycles. The maximum Gasteiger partial charge on any atom is 0.261 e. The van der Waals surface area contributed by atoms with Crippen LogP contribution < -0.4 is 10.6 Å². The number of anilines is 1. The molecular formula is C17H15F2N5O2S. The molecule has 2 amide bonds. The predicted molar refractivity (Wildman–Crippen MR) is 96.0 cm³/mol. The van der Waals surface area contributed by atoms with E-state index in [9.17, 15) is 18.4 Å². The molecule has 140 valence electrons. The van der Waals surface area contributed by atoms with Crippen LogP contribution in [0, 0.1) is 5.92 Å². The number of rotatable bonds is 6. The number of fused-ring (bicyclic) bond motifs is 1. The minimum absolute atomic E-state index is 0.0242. The molecule has 7 nitrogen and oxygen atoms in total. The summed E-state index contributed by atoms with van der Waals surface area (Å²) in [6.45, 7) is -0.680. The highest BCUT2D eigenvalue weighted by atomic mass is 32.1. The lowest BCUT2D eigenvalue weighted by atomic mass is 10.2. The van der Waals surface area contributed by atoms with Crippen molar-refractivity contribution in [2.45, 2.75) is 19.3 Å². The standard InChI is InChI=1S/C17H15F2N5O2S/c18-13(19)4-21-17(26)12-3-10(8-27-12)11-6-24-7-14(22-15(24)5-20-11)23-16(25)9-1-2-9/h3,5-9,13H,1-2,4H2,(H,21,26)(H,23,25). The zero-order valence-electron chi connectivity index (χ0n) is 14.0. The van der Waals surface area contributed by atoms with Crippen LogP contribution in [-0.2, 0) is 4.79 Å². The summed E-state index contributed by atoms with van der Waals surface area (Å²) < 4.78 is 26.1. The van der Waals surface area contributed by atoms with Gasteiger partial charge >= 0.3 is 0 Å². The van der Waals surface area contributed by atoms with E-state index < -0.39 is 18.9 Å². The van der Waals surface area contributed by atoms with Crippen molar-refractivity contribution in [3.63, 3.8) is 0 Å². The fourth-order valence-electron chi connectivity index (χ4n) is 2.53. The molecule has 3 heterocycles. The molecule has 0 aliphatic heterocycles. The van der Waals surface area contributed by atoms with E-state index in [0.29, 0.717) is 27.6 Å². The molecule has 1 saturated carbocycles. The van der Waals surface area contributed by atoms with E-state index in [-0.39, 0.29) is 11.8 Å². The maximum atomic E-state index is 12.2. The van der Waals surface area contributed by atoms with Crippen molar-refractivity contribution in [2.24, 2.45) is 5.92 Å². The first-order chi connectivity index (χ1) is 13.0. The Morgan fingerprint density at radius 1 is 1.33 bits per heavy atom. The van der Waals surface area contributed by atoms with Crippen LogP contribution >= 0.6 is 11.3 Å². The van der Waals surface area contributed by atoms with Crippen molar-refractivity contribution in [3.8, 4) is 11.3 Å². The van der Waals surface area contributed by atoms with Crippen LogP contribution in [0.25, 0.3) is 16.9 Å². The highest BCUT2D eigenvalue weighted by molar-refractivity contribution is 7.12. The molecule has 0 saturated heterocycles. The van der Waals surface area contributed by atoms with E-state index in [2.05, 4.69) is 20.6 Å². The van der Waals surface area contributed by atoms with Gasteiger partial charge in [0.05, 0.1) is 29.5 Å². The van der Waals surface area contributed by atoms with Crippen LogP contribution in [-0.4, -0.2) is 39.2 Å². The third kappa shape index (κ3) is 3.95. The van der Waals surface area contributed by atoms with Gasteiger partial charge in [-0.25, -0.2) is 13.8 Å². The Labute approximate surface area is 156 Å². The summed E-state index contributed by atoms with van der Waals surface area (Å²) in [7, 11) is 0. The number of aromatic nitrogens is 3. The molecule has 4 rings (SSSR count). The van der Waals surface area contributed by atoms with Gasteiger partial charge in [0.15, 0.2) is 11.5 Å². The van der Waals surface area contributed by atoms with E-state index in [1.54, 1.807) is 34.4 Å². The van der Waals surface area contributed by atoms with E-state index in [1.165, 1.54) is 0 Å². The lowest BCUT2D eigenvalue weighted by Crippen LogP contribution is -2.27. The van der Waals surface area contributed by atoms with E-state index in [0.717, 1.165) is 24.2 Å². The lowest BCUT2D eigenvalue weighted by molar-refractivity contribution is -0.117. The molecule has 0 unspecified atom stereocenters. The first-order valence-corrected chi connectivity index (χ1v) is 9.18. The number of alkyl halides is 2. The summed E-state index contributed by atoms with van der Waals surface area (Å²) in [5.41, 5.74) is 1.88. The second-order valence-corrected chi connectivity index (χ2v) is 7.14. The zero-order chi connectivity index (χ0) is 19.0. The van der Waals surface area contributed by atoms with Crippen LogP contribution in [0.2, 0.25) is 0 Å². The second kappa shape index (κ2) is 7.03. The normalized spacial score (nSPS) is 13.9. The summed E-state index contributed by atoms with van der Waals surface area (Å²) in [6, 6.07) is 1.60. The van der Waals surface area contributed by atoms with Crippen molar-refractivity contribution >= 4 is 34.6 Å². The van der Waals surface area contributed by atoms with Crippen molar-refractivity contribution in [3.05, 3.63) is 34.9 Å². The van der Waals surface area contributed by atoms with Crippen molar-refractivity contribution in [1.82, 2.24) is 19.7 Å². The summed E-state index contributed by atoms with van der Waals surface area (Å²) in [5.74, 6) is -0.0172. The van der Waals surface area contributed by atoms with Crippen LogP contribution in [0.5, 0.6) is 0 Å². The largest absolute Gasteiger partial charge is 0.346 e. The van der Waals surface area contributed by atoms with Gasteiger partial charge in [0.2, 0.25) is 5.91 Å². The van der Waals surface area contributed by atoms with E-state index in [4.69, 9.17) is 0 Å². The van der Waals surface area contributed by atoms with Crippen LogP contribution in [0.4, 0.5) is 14.6 Å². The summed E-state index contributed by atoms with van der Waals surface area (Å²) in [6.07, 6.45) is 4.23. The Bertz CT molecular complexity index is 1010. The number of carbonyl (C=O) groups excluding carboxylic acids is 2. The predicted octanol–water partition coefficient (Wildman–Crippen LogP) is 2.80. The lowest BCUT2D eigenvalue weighted by Gasteiger charge is -2.01. The topological polar surface area (TPSA) is 88.4 Å². The first-order valence-electron chi connectivity index (χ1n) is 8.30.